The number of allylic oxidation sites excluding steroid dienone is 7. The molecule has 8 N–H and O–H groups in total. The molecule has 450 valence electrons. The van der Waals surface area contributed by atoms with Gasteiger partial charge in [0, 0.05) is 90.6 Å². The summed E-state index contributed by atoms with van der Waals surface area (Å²) in [7, 11) is -4.23. The van der Waals surface area contributed by atoms with Gasteiger partial charge >= 0.3 is 23.9 Å². The second-order valence-electron chi connectivity index (χ2n) is 21.2. The predicted molar refractivity (Wildman–Crippen MR) is 325 cm³/mol. The summed E-state index contributed by atoms with van der Waals surface area (Å²) in [6.07, 6.45) is 11.1. The van der Waals surface area contributed by atoms with Crippen LogP contribution in [0.15, 0.2) is 120 Å². The van der Waals surface area contributed by atoms with E-state index in [1.165, 1.54) is 14.8 Å². The monoisotopic (exact) mass is 1280 g/mol. The van der Waals surface area contributed by atoms with Gasteiger partial charge in [-0.2, -0.15) is 8.42 Å². The van der Waals surface area contributed by atoms with Crippen molar-refractivity contribution in [1.29, 1.82) is 0 Å². The van der Waals surface area contributed by atoms with Crippen molar-refractivity contribution in [1.82, 2.24) is 21.3 Å². The molecule has 3 aliphatic rings. The number of urea groups is 1. The fourth-order valence-corrected chi connectivity index (χ4v) is 13.3. The van der Waals surface area contributed by atoms with Crippen molar-refractivity contribution in [2.24, 2.45) is 0 Å². The lowest BCUT2D eigenvalue weighted by Gasteiger charge is -2.37. The highest BCUT2D eigenvalue weighted by atomic mass is 127. The Morgan fingerprint density at radius 2 is 1.45 bits per heavy atom. The number of carbonyl (C=O) groups excluding carboxylic acids is 3. The van der Waals surface area contributed by atoms with Gasteiger partial charge in [0.15, 0.2) is 0 Å². The Kier molecular flexibility index (Phi) is 24.0. The summed E-state index contributed by atoms with van der Waals surface area (Å²) < 4.78 is 55.3. The Morgan fingerprint density at radius 3 is 2.14 bits per heavy atom. The number of amides is 4. The van der Waals surface area contributed by atoms with E-state index >= 15 is 0 Å². The molecule has 0 aromatic heterocycles. The molecule has 1 aliphatic carbocycles. The Labute approximate surface area is 495 Å². The van der Waals surface area contributed by atoms with Crippen LogP contribution in [0.3, 0.4) is 0 Å². The summed E-state index contributed by atoms with van der Waals surface area (Å²) in [5.74, 6) is -3.70. The second-order valence-corrected chi connectivity index (χ2v) is 25.6. The van der Waals surface area contributed by atoms with Gasteiger partial charge in [0.1, 0.15) is 30.2 Å². The summed E-state index contributed by atoms with van der Waals surface area (Å²) in [6.45, 7) is 12.7. The van der Waals surface area contributed by atoms with Gasteiger partial charge in [-0.3, -0.25) is 18.9 Å². The number of rotatable bonds is 31. The Bertz CT molecular complexity index is 3100. The molecular weight excluding hydrogens is 1200 g/mol. The minimum atomic E-state index is -4.23. The molecular formula is C60H77IN6O15S. The van der Waals surface area contributed by atoms with E-state index in [2.05, 4.69) is 112 Å². The molecule has 4 amide bonds. The summed E-state index contributed by atoms with van der Waals surface area (Å²) in [5, 5.41) is 37.3. The number of nitrogens with one attached hydrogen (secondary N) is 4. The lowest BCUT2D eigenvalue weighted by atomic mass is 9.80. The average Bonchev–Trinajstić information content (AvgIpc) is 2.09. The normalized spacial score (nSPS) is 17.2. The van der Waals surface area contributed by atoms with E-state index in [9.17, 15) is 52.0 Å². The van der Waals surface area contributed by atoms with E-state index in [0.29, 0.717) is 12.0 Å². The lowest BCUT2D eigenvalue weighted by molar-refractivity contribution is -0.141. The molecule has 2 heterocycles. The fraction of sp³-hybridized carbons (Fsp3) is 0.450. The third kappa shape index (κ3) is 18.8. The van der Waals surface area contributed by atoms with E-state index in [1.807, 2.05) is 42.5 Å². The van der Waals surface area contributed by atoms with Crippen molar-refractivity contribution in [2.45, 2.75) is 115 Å². The average molecular weight is 1280 g/mol. The Hall–Kier alpha value is -6.93. The Balaban J connectivity index is 1.03. The molecule has 83 heavy (non-hydrogen) atoms. The molecule has 0 saturated carbocycles. The molecule has 0 spiro atoms. The van der Waals surface area contributed by atoms with Gasteiger partial charge in [-0.25, -0.2) is 14.4 Å². The number of benzene rings is 3. The third-order valence-electron chi connectivity index (χ3n) is 14.4. The van der Waals surface area contributed by atoms with Crippen molar-refractivity contribution >= 4 is 81.8 Å². The number of aliphatic carboxylic acids is 3. The van der Waals surface area contributed by atoms with Crippen LogP contribution in [0.5, 0.6) is 5.75 Å². The number of fused-ring (bicyclic) bond motifs is 2. The van der Waals surface area contributed by atoms with Crippen molar-refractivity contribution < 1.29 is 71.3 Å². The quantitative estimate of drug-likeness (QED) is 0.0131. The Morgan fingerprint density at radius 1 is 0.747 bits per heavy atom. The molecule has 1 unspecified atom stereocenters. The molecule has 2 aliphatic heterocycles. The number of hydrogen-bond donors (Lipinski definition) is 8. The van der Waals surface area contributed by atoms with Crippen molar-refractivity contribution in [3.05, 3.63) is 136 Å². The highest BCUT2D eigenvalue weighted by Crippen LogP contribution is 2.49. The molecule has 0 bridgehead atoms. The van der Waals surface area contributed by atoms with Crippen LogP contribution in [0.4, 0.5) is 16.2 Å². The van der Waals surface area contributed by atoms with Crippen LogP contribution >= 0.6 is 21.0 Å². The standard InChI is InChI=1S/C60H77IN6O15S/c1-6-67-49-22-11-10-20-44(49)59(2,3)50(61-67)28-24-40-16-14-17-41(54(40)82-43-18-8-7-9-19-43)25-29-51-60(4,5)45-38-42(23-27-48(45)66(51)33-15-37-83(77,78)79)55(71)63-32-34-80-35-36-81-39-52(68)62-31-13-12-21-46(56(72)73)64-58(76)65-47(57(74)75)26-30-53(69)70/h7-11,18-20,22-25,27-29,38,46-47H,6,12-17,21,26,30-37,39H2,1-5H3,(H,62,68)(H,63,71)(H,69,70)(H,72,73)(H,74,75)(H2,64,65,76)(H,77,78,79)/b28-24+,41-25+,51-29+/t46-,47?/m0/s1. The maximum absolute atomic E-state index is 13.6. The first kappa shape index (κ1) is 65.2. The molecule has 0 saturated heterocycles. The number of halogens is 1. The first-order valence-electron chi connectivity index (χ1n) is 27.8. The number of carboxylic acid groups (broad SMARTS) is 3. The maximum atomic E-state index is 13.6. The highest BCUT2D eigenvalue weighted by molar-refractivity contribution is 14.2. The van der Waals surface area contributed by atoms with Crippen molar-refractivity contribution in [2.75, 3.05) is 66.4 Å². The molecule has 6 rings (SSSR count). The van der Waals surface area contributed by atoms with Crippen LogP contribution in [-0.2, 0) is 49.6 Å². The highest BCUT2D eigenvalue weighted by Gasteiger charge is 2.41. The summed E-state index contributed by atoms with van der Waals surface area (Å²) >= 11 is -0.450. The van der Waals surface area contributed by atoms with Crippen LogP contribution in [0.1, 0.15) is 114 Å². The van der Waals surface area contributed by atoms with Crippen LogP contribution in [0.2, 0.25) is 0 Å². The van der Waals surface area contributed by atoms with Gasteiger partial charge in [-0.15, -0.1) is 0 Å². The minimum absolute atomic E-state index is 0.0213. The van der Waals surface area contributed by atoms with Gasteiger partial charge in [-0.05, 0) is 123 Å². The second kappa shape index (κ2) is 30.6. The zero-order valence-electron chi connectivity index (χ0n) is 47.6. The van der Waals surface area contributed by atoms with Gasteiger partial charge in [-0.1, -0.05) is 82.3 Å². The number of hydrogen-bond acceptors (Lipinski definition) is 13. The third-order valence-corrected chi connectivity index (χ3v) is 19.2. The predicted octanol–water partition coefficient (Wildman–Crippen LogP) is 7.94. The summed E-state index contributed by atoms with van der Waals surface area (Å²) in [5.41, 5.74) is 6.97. The topological polar surface area (TPSA) is 300 Å². The SMILES string of the molecule is CCN1I=C(/C=C/C2=C(Oc3ccccc3)C(=C/C=C3/N(CCCS(=O)(=O)O)c4ccc(C(=O)NCCOCCOCC(=O)NCCCC[C@H](NC(=O)NC(CCC(=O)O)C(=O)O)C(=O)O)cc4C3(C)C)/CCC2)C(C)(C)c2ccccc21. The number of unbranched alkanes of at least 4 members (excludes halogenated alkanes) is 1. The summed E-state index contributed by atoms with van der Waals surface area (Å²) in [4.78, 5) is 74.0. The molecule has 23 heteroatoms. The van der Waals surface area contributed by atoms with E-state index in [1.54, 1.807) is 6.07 Å². The van der Waals surface area contributed by atoms with Crippen LogP contribution in [0, 0.1) is 0 Å². The minimum Gasteiger partial charge on any atom is -0.481 e. The zero-order valence-corrected chi connectivity index (χ0v) is 50.6. The van der Waals surface area contributed by atoms with Crippen LogP contribution < -0.4 is 34.0 Å². The van der Waals surface area contributed by atoms with Crippen molar-refractivity contribution in [3.8, 4) is 5.75 Å². The van der Waals surface area contributed by atoms with Crippen molar-refractivity contribution in [3.63, 3.8) is 0 Å². The van der Waals surface area contributed by atoms with E-state index in [0.717, 1.165) is 65.4 Å². The molecule has 3 aromatic carbocycles. The number of para-hydroxylation sites is 2. The first-order valence-corrected chi connectivity index (χ1v) is 31.4. The number of carbonyl (C=O) groups is 6. The van der Waals surface area contributed by atoms with Gasteiger partial charge in [0.05, 0.1) is 25.6 Å². The first-order chi connectivity index (χ1) is 39.5. The van der Waals surface area contributed by atoms with E-state index < -0.39 is 90.6 Å². The fourth-order valence-electron chi connectivity index (χ4n) is 9.96. The number of anilines is 2. The molecule has 0 radical (unpaired) electrons. The van der Waals surface area contributed by atoms with Gasteiger partial charge in [0.25, 0.3) is 16.0 Å². The van der Waals surface area contributed by atoms with Crippen LogP contribution in [0.25, 0.3) is 0 Å². The molecule has 3 aromatic rings. The van der Waals surface area contributed by atoms with Gasteiger partial charge in [0.2, 0.25) is 5.91 Å². The maximum Gasteiger partial charge on any atom is 0.326 e. The summed E-state index contributed by atoms with van der Waals surface area (Å²) in [6, 6.07) is 19.9. The number of carboxylic acids is 3. The molecule has 21 nitrogen and oxygen atoms in total. The van der Waals surface area contributed by atoms with Crippen LogP contribution in [-0.4, -0.2) is 138 Å². The molecule has 0 fully saturated rings. The zero-order chi connectivity index (χ0) is 60.3. The van der Waals surface area contributed by atoms with E-state index in [4.69, 9.17) is 19.3 Å². The largest absolute Gasteiger partial charge is 0.481 e. The lowest BCUT2D eigenvalue weighted by Crippen LogP contribution is -2.51. The molecule has 2 atom stereocenters. The van der Waals surface area contributed by atoms with E-state index in [-0.39, 0.29) is 83.1 Å². The van der Waals surface area contributed by atoms with Gasteiger partial charge < -0.3 is 58.8 Å². The smallest absolute Gasteiger partial charge is 0.326 e. The number of ether oxygens (including phenoxy) is 3. The number of nitrogens with zero attached hydrogens (tertiary/aromatic N) is 2.